The summed E-state index contributed by atoms with van der Waals surface area (Å²) in [5.74, 6) is 0.544. The SMILES string of the molecule is COC(=O)c1ccnc(COc2ccc(OC)cc2C=O)c1. The van der Waals surface area contributed by atoms with Gasteiger partial charge in [0.05, 0.1) is 31.0 Å². The molecule has 0 fully saturated rings. The molecular formula is C16H15NO5. The van der Waals surface area contributed by atoms with Crippen LogP contribution in [0.15, 0.2) is 36.5 Å². The normalized spacial score (nSPS) is 9.91. The molecule has 0 amide bonds. The van der Waals surface area contributed by atoms with E-state index in [1.165, 1.54) is 20.4 Å². The van der Waals surface area contributed by atoms with E-state index in [4.69, 9.17) is 9.47 Å². The second-order valence-corrected chi connectivity index (χ2v) is 4.34. The summed E-state index contributed by atoms with van der Waals surface area (Å²) in [5.41, 5.74) is 1.32. The predicted molar refractivity (Wildman–Crippen MR) is 78.3 cm³/mol. The first-order valence-electron chi connectivity index (χ1n) is 6.47. The van der Waals surface area contributed by atoms with Crippen molar-refractivity contribution < 1.29 is 23.8 Å². The van der Waals surface area contributed by atoms with E-state index in [0.717, 1.165) is 0 Å². The van der Waals surface area contributed by atoms with E-state index in [2.05, 4.69) is 9.72 Å². The topological polar surface area (TPSA) is 74.7 Å². The zero-order valence-electron chi connectivity index (χ0n) is 12.2. The summed E-state index contributed by atoms with van der Waals surface area (Å²) in [6.07, 6.45) is 2.19. The third kappa shape index (κ3) is 3.60. The highest BCUT2D eigenvalue weighted by molar-refractivity contribution is 5.89. The van der Waals surface area contributed by atoms with Crippen molar-refractivity contribution >= 4 is 12.3 Å². The van der Waals surface area contributed by atoms with Gasteiger partial charge in [-0.3, -0.25) is 9.78 Å². The number of pyridine rings is 1. The van der Waals surface area contributed by atoms with Crippen LogP contribution in [-0.4, -0.2) is 31.5 Å². The molecule has 1 aromatic carbocycles. The summed E-state index contributed by atoms with van der Waals surface area (Å²) in [4.78, 5) is 26.7. The number of methoxy groups -OCH3 is 2. The Kier molecular flexibility index (Phi) is 5.08. The minimum absolute atomic E-state index is 0.123. The molecule has 2 rings (SSSR count). The van der Waals surface area contributed by atoms with Crippen molar-refractivity contribution in [3.63, 3.8) is 0 Å². The number of hydrogen-bond donors (Lipinski definition) is 0. The Balaban J connectivity index is 2.13. The Morgan fingerprint density at radius 3 is 2.73 bits per heavy atom. The Bertz CT molecular complexity index is 684. The average molecular weight is 301 g/mol. The van der Waals surface area contributed by atoms with Crippen LogP contribution in [0.5, 0.6) is 11.5 Å². The van der Waals surface area contributed by atoms with E-state index in [0.29, 0.717) is 34.6 Å². The van der Waals surface area contributed by atoms with Gasteiger partial charge in [0.25, 0.3) is 0 Å². The van der Waals surface area contributed by atoms with Crippen LogP contribution in [0, 0.1) is 0 Å². The van der Waals surface area contributed by atoms with Crippen molar-refractivity contribution in [3.8, 4) is 11.5 Å². The van der Waals surface area contributed by atoms with E-state index in [-0.39, 0.29) is 6.61 Å². The summed E-state index contributed by atoms with van der Waals surface area (Å²) in [5, 5.41) is 0. The molecule has 0 aliphatic carbocycles. The van der Waals surface area contributed by atoms with Crippen molar-refractivity contribution in [2.45, 2.75) is 6.61 Å². The van der Waals surface area contributed by atoms with E-state index < -0.39 is 5.97 Å². The minimum Gasteiger partial charge on any atom is -0.497 e. The summed E-state index contributed by atoms with van der Waals surface area (Å²) in [7, 11) is 2.83. The molecular weight excluding hydrogens is 286 g/mol. The first-order chi connectivity index (χ1) is 10.7. The molecule has 1 heterocycles. The van der Waals surface area contributed by atoms with Crippen molar-refractivity contribution in [2.75, 3.05) is 14.2 Å². The van der Waals surface area contributed by atoms with Crippen molar-refractivity contribution in [1.29, 1.82) is 0 Å². The molecule has 0 atom stereocenters. The maximum absolute atomic E-state index is 11.5. The van der Waals surface area contributed by atoms with Gasteiger partial charge in [-0.1, -0.05) is 0 Å². The second-order valence-electron chi connectivity index (χ2n) is 4.34. The first kappa shape index (κ1) is 15.5. The molecule has 1 aromatic heterocycles. The van der Waals surface area contributed by atoms with Gasteiger partial charge in [0.15, 0.2) is 6.29 Å². The Morgan fingerprint density at radius 2 is 2.05 bits per heavy atom. The van der Waals surface area contributed by atoms with Crippen molar-refractivity contribution in [3.05, 3.63) is 53.3 Å². The highest BCUT2D eigenvalue weighted by atomic mass is 16.5. The number of carbonyl (C=O) groups is 2. The number of benzene rings is 1. The Hall–Kier alpha value is -2.89. The molecule has 0 N–H and O–H groups in total. The third-order valence-corrected chi connectivity index (χ3v) is 2.96. The molecule has 0 aliphatic rings. The highest BCUT2D eigenvalue weighted by Gasteiger charge is 2.09. The number of carbonyl (C=O) groups excluding carboxylic acids is 2. The van der Waals surface area contributed by atoms with Crippen molar-refractivity contribution in [2.24, 2.45) is 0 Å². The number of esters is 1. The molecule has 6 nitrogen and oxygen atoms in total. The zero-order chi connectivity index (χ0) is 15.9. The molecule has 0 aliphatic heterocycles. The van der Waals surface area contributed by atoms with E-state index in [9.17, 15) is 9.59 Å². The van der Waals surface area contributed by atoms with Crippen molar-refractivity contribution in [1.82, 2.24) is 4.98 Å². The molecule has 0 bridgehead atoms. The molecule has 114 valence electrons. The standard InChI is InChI=1S/C16H15NO5/c1-20-14-3-4-15(12(8-14)9-18)22-10-13-7-11(5-6-17-13)16(19)21-2/h3-9H,10H2,1-2H3. The lowest BCUT2D eigenvalue weighted by Gasteiger charge is -2.10. The number of aldehydes is 1. The van der Waals surface area contributed by atoms with E-state index in [1.54, 1.807) is 30.3 Å². The van der Waals surface area contributed by atoms with Gasteiger partial charge in [0.1, 0.15) is 18.1 Å². The first-order valence-corrected chi connectivity index (χ1v) is 6.47. The summed E-state index contributed by atoms with van der Waals surface area (Å²) < 4.78 is 15.3. The molecule has 0 unspecified atom stereocenters. The van der Waals surface area contributed by atoms with Crippen LogP contribution < -0.4 is 9.47 Å². The molecule has 0 spiro atoms. The largest absolute Gasteiger partial charge is 0.497 e. The number of aromatic nitrogens is 1. The summed E-state index contributed by atoms with van der Waals surface area (Å²) in [6, 6.07) is 8.06. The quantitative estimate of drug-likeness (QED) is 0.602. The van der Waals surface area contributed by atoms with Gasteiger partial charge < -0.3 is 14.2 Å². The van der Waals surface area contributed by atoms with Gasteiger partial charge in [-0.05, 0) is 30.3 Å². The monoisotopic (exact) mass is 301 g/mol. The fraction of sp³-hybridized carbons (Fsp3) is 0.188. The molecule has 6 heteroatoms. The van der Waals surface area contributed by atoms with Crippen LogP contribution in [0.1, 0.15) is 26.4 Å². The molecule has 0 saturated carbocycles. The van der Waals surface area contributed by atoms with Crippen LogP contribution in [0.3, 0.4) is 0 Å². The lowest BCUT2D eigenvalue weighted by atomic mass is 10.2. The Morgan fingerprint density at radius 1 is 1.23 bits per heavy atom. The lowest BCUT2D eigenvalue weighted by molar-refractivity contribution is 0.0600. The lowest BCUT2D eigenvalue weighted by Crippen LogP contribution is -2.05. The number of hydrogen-bond acceptors (Lipinski definition) is 6. The highest BCUT2D eigenvalue weighted by Crippen LogP contribution is 2.23. The molecule has 2 aromatic rings. The fourth-order valence-electron chi connectivity index (χ4n) is 1.83. The van der Waals surface area contributed by atoms with Crippen LogP contribution in [0.25, 0.3) is 0 Å². The van der Waals surface area contributed by atoms with Gasteiger partial charge in [0, 0.05) is 6.20 Å². The van der Waals surface area contributed by atoms with Crippen LogP contribution in [0.4, 0.5) is 0 Å². The molecule has 22 heavy (non-hydrogen) atoms. The number of rotatable bonds is 6. The Labute approximate surface area is 127 Å². The second kappa shape index (κ2) is 7.21. The predicted octanol–water partition coefficient (Wildman–Crippen LogP) is 2.27. The number of ether oxygens (including phenoxy) is 3. The number of nitrogens with zero attached hydrogens (tertiary/aromatic N) is 1. The maximum atomic E-state index is 11.5. The molecule has 0 saturated heterocycles. The average Bonchev–Trinajstić information content (AvgIpc) is 2.59. The van der Waals surface area contributed by atoms with Gasteiger partial charge in [-0.25, -0.2) is 4.79 Å². The van der Waals surface area contributed by atoms with Crippen LogP contribution in [-0.2, 0) is 11.3 Å². The maximum Gasteiger partial charge on any atom is 0.337 e. The minimum atomic E-state index is -0.443. The fourth-order valence-corrected chi connectivity index (χ4v) is 1.83. The van der Waals surface area contributed by atoms with Crippen LogP contribution in [0.2, 0.25) is 0 Å². The molecule has 0 radical (unpaired) electrons. The zero-order valence-corrected chi connectivity index (χ0v) is 12.2. The smallest absolute Gasteiger partial charge is 0.337 e. The summed E-state index contributed by atoms with van der Waals surface area (Å²) in [6.45, 7) is 0.123. The van der Waals surface area contributed by atoms with Gasteiger partial charge in [-0.2, -0.15) is 0 Å². The van der Waals surface area contributed by atoms with Gasteiger partial charge >= 0.3 is 5.97 Å². The van der Waals surface area contributed by atoms with E-state index in [1.807, 2.05) is 0 Å². The van der Waals surface area contributed by atoms with Gasteiger partial charge in [-0.15, -0.1) is 0 Å². The van der Waals surface area contributed by atoms with E-state index >= 15 is 0 Å². The summed E-state index contributed by atoms with van der Waals surface area (Å²) >= 11 is 0. The van der Waals surface area contributed by atoms with Crippen LogP contribution >= 0.6 is 0 Å². The third-order valence-electron chi connectivity index (χ3n) is 2.96. The van der Waals surface area contributed by atoms with Gasteiger partial charge in [0.2, 0.25) is 0 Å².